The van der Waals surface area contributed by atoms with Crippen LogP contribution in [0.1, 0.15) is 51.9 Å². The van der Waals surface area contributed by atoms with Crippen molar-refractivity contribution >= 4 is 17.8 Å². The zero-order valence-electron chi connectivity index (χ0n) is 19.0. The number of amides is 2. The van der Waals surface area contributed by atoms with Crippen LogP contribution in [0.25, 0.3) is 0 Å². The second-order valence-electron chi connectivity index (χ2n) is 9.43. The number of nitrogens with zero attached hydrogens (tertiary/aromatic N) is 2. The Morgan fingerprint density at radius 1 is 1.13 bits per heavy atom. The van der Waals surface area contributed by atoms with Crippen LogP contribution in [-0.2, 0) is 14.3 Å². The number of carbonyl (C=O) groups excluding carboxylic acids is 2. The zero-order valence-corrected chi connectivity index (χ0v) is 19.0. The van der Waals surface area contributed by atoms with E-state index in [9.17, 15) is 9.59 Å². The van der Waals surface area contributed by atoms with Gasteiger partial charge in [0.25, 0.3) is 0 Å². The van der Waals surface area contributed by atoms with Gasteiger partial charge < -0.3 is 15.4 Å². The van der Waals surface area contributed by atoms with E-state index in [4.69, 9.17) is 4.74 Å². The van der Waals surface area contributed by atoms with Crippen LogP contribution in [0.15, 0.2) is 17.1 Å². The van der Waals surface area contributed by atoms with Crippen molar-refractivity contribution in [2.24, 2.45) is 34.6 Å². The molecule has 1 aliphatic heterocycles. The Morgan fingerprint density at radius 2 is 1.77 bits per heavy atom. The maximum absolute atomic E-state index is 12.7. The van der Waals surface area contributed by atoms with Gasteiger partial charge in [-0.25, -0.2) is 0 Å². The molecule has 1 saturated heterocycles. The summed E-state index contributed by atoms with van der Waals surface area (Å²) in [6.45, 7) is 4.82. The van der Waals surface area contributed by atoms with Crippen molar-refractivity contribution in [3.05, 3.63) is 12.2 Å². The molecule has 2 amide bonds. The number of carbonyl (C=O) groups is 2. The zero-order chi connectivity index (χ0) is 21.8. The molecule has 0 aromatic carbocycles. The van der Waals surface area contributed by atoms with Gasteiger partial charge in [-0.2, -0.15) is 0 Å². The highest BCUT2D eigenvalue weighted by atomic mass is 16.5. The van der Waals surface area contributed by atoms with Gasteiger partial charge in [-0.3, -0.25) is 19.5 Å². The lowest BCUT2D eigenvalue weighted by atomic mass is 9.85. The van der Waals surface area contributed by atoms with E-state index in [-0.39, 0.29) is 35.5 Å². The summed E-state index contributed by atoms with van der Waals surface area (Å²) < 4.78 is 5.99. The van der Waals surface area contributed by atoms with Crippen LogP contribution in [0, 0.1) is 29.6 Å². The summed E-state index contributed by atoms with van der Waals surface area (Å²) in [4.78, 5) is 31.3. The Morgan fingerprint density at radius 3 is 2.39 bits per heavy atom. The lowest BCUT2D eigenvalue weighted by Crippen LogP contribution is -2.41. The molecule has 5 atom stereocenters. The molecular weight excluding hydrogens is 392 g/mol. The molecule has 2 saturated carbocycles. The van der Waals surface area contributed by atoms with E-state index in [0.717, 1.165) is 38.4 Å². The van der Waals surface area contributed by atoms with Crippen molar-refractivity contribution in [3.63, 3.8) is 0 Å². The molecule has 4 aliphatic rings. The molecule has 0 aromatic rings. The SMILES string of the molecule is CCOC(CCNC(=NC)NCCCN1C(=O)C2C3C=CC(C3)C2C1=O)C1CCCC1. The van der Waals surface area contributed by atoms with E-state index in [1.165, 1.54) is 30.6 Å². The van der Waals surface area contributed by atoms with Crippen LogP contribution in [0.4, 0.5) is 0 Å². The minimum Gasteiger partial charge on any atom is -0.378 e. The van der Waals surface area contributed by atoms with Crippen molar-refractivity contribution in [3.8, 4) is 0 Å². The summed E-state index contributed by atoms with van der Waals surface area (Å²) in [6, 6.07) is 0. The average molecular weight is 431 g/mol. The number of hydrogen-bond donors (Lipinski definition) is 2. The third kappa shape index (κ3) is 4.66. The van der Waals surface area contributed by atoms with E-state index in [2.05, 4.69) is 34.7 Å². The monoisotopic (exact) mass is 430 g/mol. The van der Waals surface area contributed by atoms with Crippen LogP contribution >= 0.6 is 0 Å². The molecule has 1 heterocycles. The maximum atomic E-state index is 12.7. The van der Waals surface area contributed by atoms with Gasteiger partial charge in [0.2, 0.25) is 11.8 Å². The van der Waals surface area contributed by atoms with E-state index < -0.39 is 0 Å². The topological polar surface area (TPSA) is 83.0 Å². The Bertz CT molecular complexity index is 686. The van der Waals surface area contributed by atoms with Crippen LogP contribution < -0.4 is 10.6 Å². The predicted molar refractivity (Wildman–Crippen MR) is 120 cm³/mol. The lowest BCUT2D eigenvalue weighted by Gasteiger charge is -2.24. The molecule has 5 unspecified atom stereocenters. The third-order valence-corrected chi connectivity index (χ3v) is 7.66. The molecule has 31 heavy (non-hydrogen) atoms. The number of likely N-dealkylation sites (tertiary alicyclic amines) is 1. The Kier molecular flexibility index (Phi) is 7.31. The Hall–Kier alpha value is -1.89. The molecule has 2 N–H and O–H groups in total. The number of guanidine groups is 1. The van der Waals surface area contributed by atoms with E-state index in [1.54, 1.807) is 7.05 Å². The predicted octanol–water partition coefficient (Wildman–Crippen LogP) is 2.33. The average Bonchev–Trinajstić information content (AvgIpc) is 3.56. The summed E-state index contributed by atoms with van der Waals surface area (Å²) in [5, 5.41) is 6.70. The summed E-state index contributed by atoms with van der Waals surface area (Å²) >= 11 is 0. The molecule has 2 bridgehead atoms. The molecule has 0 spiro atoms. The lowest BCUT2D eigenvalue weighted by molar-refractivity contribution is -0.140. The first-order valence-corrected chi connectivity index (χ1v) is 12.2. The van der Waals surface area contributed by atoms with Gasteiger partial charge in [-0.1, -0.05) is 25.0 Å². The first-order chi connectivity index (χ1) is 15.1. The highest BCUT2D eigenvalue weighted by Gasteiger charge is 2.58. The largest absolute Gasteiger partial charge is 0.378 e. The fourth-order valence-electron chi connectivity index (χ4n) is 6.18. The van der Waals surface area contributed by atoms with Crippen molar-refractivity contribution in [1.82, 2.24) is 15.5 Å². The van der Waals surface area contributed by atoms with Gasteiger partial charge in [0.1, 0.15) is 0 Å². The first-order valence-electron chi connectivity index (χ1n) is 12.2. The van der Waals surface area contributed by atoms with Gasteiger partial charge in [0.05, 0.1) is 17.9 Å². The molecule has 3 aliphatic carbocycles. The Balaban J connectivity index is 1.15. The second kappa shape index (κ2) is 10.2. The first kappa shape index (κ1) is 22.3. The summed E-state index contributed by atoms with van der Waals surface area (Å²) in [6.07, 6.45) is 12.5. The molecule has 0 aromatic heterocycles. The van der Waals surface area contributed by atoms with Crippen LogP contribution in [0.3, 0.4) is 0 Å². The van der Waals surface area contributed by atoms with Gasteiger partial charge >= 0.3 is 0 Å². The molecule has 4 rings (SSSR count). The second-order valence-corrected chi connectivity index (χ2v) is 9.43. The van der Waals surface area contributed by atoms with Gasteiger partial charge in [0.15, 0.2) is 5.96 Å². The van der Waals surface area contributed by atoms with Crippen molar-refractivity contribution in [1.29, 1.82) is 0 Å². The number of nitrogens with one attached hydrogen (secondary N) is 2. The molecular formula is C24H38N4O3. The smallest absolute Gasteiger partial charge is 0.233 e. The highest BCUT2D eigenvalue weighted by molar-refractivity contribution is 6.06. The van der Waals surface area contributed by atoms with Crippen LogP contribution in [0.5, 0.6) is 0 Å². The molecule has 172 valence electrons. The molecule has 3 fully saturated rings. The highest BCUT2D eigenvalue weighted by Crippen LogP contribution is 2.52. The van der Waals surface area contributed by atoms with Gasteiger partial charge in [-0.05, 0) is 56.8 Å². The van der Waals surface area contributed by atoms with E-state index in [0.29, 0.717) is 25.1 Å². The van der Waals surface area contributed by atoms with Gasteiger partial charge in [0, 0.05) is 33.3 Å². The summed E-state index contributed by atoms with van der Waals surface area (Å²) in [5.41, 5.74) is 0. The van der Waals surface area contributed by atoms with Crippen molar-refractivity contribution in [2.45, 2.75) is 58.0 Å². The van der Waals surface area contributed by atoms with E-state index in [1.807, 2.05) is 0 Å². The number of fused-ring (bicyclic) bond motifs is 5. The number of aliphatic imine (C=N–C) groups is 1. The minimum atomic E-state index is -0.0944. The van der Waals surface area contributed by atoms with Crippen molar-refractivity contribution in [2.75, 3.05) is 33.3 Å². The number of imide groups is 1. The Labute approximate surface area is 186 Å². The van der Waals surface area contributed by atoms with E-state index >= 15 is 0 Å². The fourth-order valence-corrected chi connectivity index (χ4v) is 6.18. The third-order valence-electron chi connectivity index (χ3n) is 7.66. The number of hydrogen-bond acceptors (Lipinski definition) is 4. The van der Waals surface area contributed by atoms with Crippen molar-refractivity contribution < 1.29 is 14.3 Å². The number of allylic oxidation sites excluding steroid dienone is 2. The summed E-state index contributed by atoms with van der Waals surface area (Å²) in [5.74, 6) is 1.92. The normalized spacial score (nSPS) is 31.0. The van der Waals surface area contributed by atoms with Crippen LogP contribution in [0.2, 0.25) is 0 Å². The molecule has 7 heteroatoms. The minimum absolute atomic E-state index is 0.0447. The molecule has 7 nitrogen and oxygen atoms in total. The number of ether oxygens (including phenoxy) is 1. The quantitative estimate of drug-likeness (QED) is 0.183. The maximum Gasteiger partial charge on any atom is 0.233 e. The standard InChI is InChI=1S/C24H38N4O3/c1-3-31-19(16-7-4-5-8-16)11-13-27-24(25-2)26-12-6-14-28-22(29)20-17-9-10-18(15-17)21(20)23(28)30/h9-10,16-21H,3-8,11-15H2,1-2H3,(H2,25,26,27). The van der Waals surface area contributed by atoms with Gasteiger partial charge in [-0.15, -0.1) is 0 Å². The van der Waals surface area contributed by atoms with Crippen LogP contribution in [-0.4, -0.2) is 62.1 Å². The number of rotatable bonds is 10. The fraction of sp³-hybridized carbons (Fsp3) is 0.792. The summed E-state index contributed by atoms with van der Waals surface area (Å²) in [7, 11) is 1.77. The molecule has 0 radical (unpaired) electrons.